The lowest BCUT2D eigenvalue weighted by molar-refractivity contribution is -0.146. The van der Waals surface area contributed by atoms with Crippen molar-refractivity contribution in [2.24, 2.45) is 5.73 Å². The van der Waals surface area contributed by atoms with Crippen molar-refractivity contribution in [1.29, 1.82) is 0 Å². The summed E-state index contributed by atoms with van der Waals surface area (Å²) < 4.78 is 38.6. The van der Waals surface area contributed by atoms with E-state index in [2.05, 4.69) is 20.6 Å². The van der Waals surface area contributed by atoms with Crippen LogP contribution in [0.2, 0.25) is 0 Å². The summed E-state index contributed by atoms with van der Waals surface area (Å²) in [7, 11) is 0. The fourth-order valence-corrected chi connectivity index (χ4v) is 1.38. The van der Waals surface area contributed by atoms with E-state index in [0.717, 1.165) is 0 Å². The molecule has 2 aromatic heterocycles. The van der Waals surface area contributed by atoms with E-state index in [4.69, 9.17) is 5.73 Å². The fraction of sp³-hybridized carbons (Fsp3) is 0.500. The van der Waals surface area contributed by atoms with Gasteiger partial charge in [0.1, 0.15) is 5.82 Å². The van der Waals surface area contributed by atoms with Crippen molar-refractivity contribution in [2.75, 3.05) is 11.9 Å². The maximum atomic E-state index is 12.7. The van der Waals surface area contributed by atoms with Gasteiger partial charge in [-0.3, -0.25) is 0 Å². The monoisotopic (exact) mass is 274 g/mol. The molecule has 0 spiro atoms. The lowest BCUT2D eigenvalue weighted by Crippen LogP contribution is -2.39. The summed E-state index contributed by atoms with van der Waals surface area (Å²) in [6.45, 7) is 3.95. The Labute approximate surface area is 106 Å². The minimum atomic E-state index is -4.60. The van der Waals surface area contributed by atoms with E-state index in [9.17, 15) is 13.2 Å². The Balaban J connectivity index is 2.34. The van der Waals surface area contributed by atoms with Gasteiger partial charge >= 0.3 is 6.18 Å². The third kappa shape index (κ3) is 3.11. The first-order valence-corrected chi connectivity index (χ1v) is 5.49. The first kappa shape index (κ1) is 13.5. The first-order valence-electron chi connectivity index (χ1n) is 5.49. The largest absolute Gasteiger partial charge is 0.453 e. The average molecular weight is 274 g/mol. The number of aromatic nitrogens is 4. The van der Waals surface area contributed by atoms with E-state index in [1.165, 1.54) is 12.1 Å². The molecule has 3 N–H and O–H groups in total. The zero-order valence-electron chi connectivity index (χ0n) is 10.4. The molecular weight excluding hydrogens is 261 g/mol. The molecule has 0 aliphatic carbocycles. The molecule has 0 saturated carbocycles. The first-order chi connectivity index (χ1) is 8.67. The predicted octanol–water partition coefficient (Wildman–Crippen LogP) is 1.29. The van der Waals surface area contributed by atoms with Gasteiger partial charge in [0.2, 0.25) is 0 Å². The molecule has 2 rings (SSSR count). The summed E-state index contributed by atoms with van der Waals surface area (Å²) in [6, 6.07) is 2.93. The van der Waals surface area contributed by atoms with Gasteiger partial charge in [-0.05, 0) is 26.0 Å². The van der Waals surface area contributed by atoms with Crippen LogP contribution in [0, 0.1) is 0 Å². The lowest BCUT2D eigenvalue weighted by Gasteiger charge is -2.19. The van der Waals surface area contributed by atoms with Crippen molar-refractivity contribution in [3.63, 3.8) is 0 Å². The number of nitrogens with one attached hydrogen (secondary N) is 1. The number of fused-ring (bicyclic) bond motifs is 1. The SMILES string of the molecule is CC(C)(N)CNc1ccc2nnc(C(F)(F)F)n2n1. The maximum Gasteiger partial charge on any atom is 0.453 e. The second-order valence-electron chi connectivity index (χ2n) is 4.85. The van der Waals surface area contributed by atoms with Crippen molar-refractivity contribution in [2.45, 2.75) is 25.6 Å². The van der Waals surface area contributed by atoms with Gasteiger partial charge in [-0.2, -0.15) is 17.7 Å². The standard InChI is InChI=1S/C10H13F3N6/c1-9(2,14)5-15-6-3-4-7-16-17-8(10(11,12)13)19(7)18-6/h3-4H,5,14H2,1-2H3,(H,15,18). The Morgan fingerprint density at radius 3 is 2.53 bits per heavy atom. The summed E-state index contributed by atoms with van der Waals surface area (Å²) in [5.74, 6) is -0.880. The Kier molecular flexibility index (Phi) is 3.09. The number of nitrogens with two attached hydrogens (primary N) is 1. The van der Waals surface area contributed by atoms with E-state index < -0.39 is 17.5 Å². The summed E-state index contributed by atoms with van der Waals surface area (Å²) in [5.41, 5.74) is 5.30. The highest BCUT2D eigenvalue weighted by molar-refractivity contribution is 5.44. The minimum absolute atomic E-state index is 0.0323. The van der Waals surface area contributed by atoms with Crippen molar-refractivity contribution >= 4 is 11.5 Å². The number of rotatable bonds is 3. The van der Waals surface area contributed by atoms with Crippen LogP contribution in [0.15, 0.2) is 12.1 Å². The number of hydrogen-bond acceptors (Lipinski definition) is 5. The highest BCUT2D eigenvalue weighted by atomic mass is 19.4. The Bertz CT molecular complexity index is 583. The maximum absolute atomic E-state index is 12.7. The van der Waals surface area contributed by atoms with Crippen LogP contribution < -0.4 is 11.1 Å². The average Bonchev–Trinajstić information content (AvgIpc) is 2.67. The van der Waals surface area contributed by atoms with Crippen LogP contribution in [0.1, 0.15) is 19.7 Å². The summed E-state index contributed by atoms with van der Waals surface area (Å²) in [4.78, 5) is 0. The Morgan fingerprint density at radius 2 is 1.95 bits per heavy atom. The third-order valence-corrected chi connectivity index (χ3v) is 2.24. The third-order valence-electron chi connectivity index (χ3n) is 2.24. The molecule has 0 aliphatic rings. The molecule has 0 amide bonds. The number of hydrogen-bond donors (Lipinski definition) is 2. The van der Waals surface area contributed by atoms with Crippen LogP contribution in [-0.4, -0.2) is 31.9 Å². The summed E-state index contributed by atoms with van der Waals surface area (Å²) in [5, 5.41) is 13.2. The molecule has 0 radical (unpaired) electrons. The van der Waals surface area contributed by atoms with E-state index in [0.29, 0.717) is 11.1 Å². The second kappa shape index (κ2) is 4.34. The van der Waals surface area contributed by atoms with Gasteiger partial charge in [0, 0.05) is 12.1 Å². The van der Waals surface area contributed by atoms with Crippen LogP contribution in [0.3, 0.4) is 0 Å². The molecule has 104 valence electrons. The quantitative estimate of drug-likeness (QED) is 0.881. The second-order valence-corrected chi connectivity index (χ2v) is 4.85. The number of alkyl halides is 3. The van der Waals surface area contributed by atoms with Crippen molar-refractivity contribution in [3.8, 4) is 0 Å². The van der Waals surface area contributed by atoms with E-state index in [1.54, 1.807) is 13.8 Å². The smallest absolute Gasteiger partial charge is 0.367 e. The van der Waals surface area contributed by atoms with Gasteiger partial charge < -0.3 is 11.1 Å². The fourth-order valence-electron chi connectivity index (χ4n) is 1.38. The summed E-state index contributed by atoms with van der Waals surface area (Å²) in [6.07, 6.45) is -4.60. The van der Waals surface area contributed by atoms with Crippen LogP contribution in [-0.2, 0) is 6.18 Å². The molecule has 0 atom stereocenters. The molecule has 0 fully saturated rings. The van der Waals surface area contributed by atoms with Crippen LogP contribution in [0.5, 0.6) is 0 Å². The minimum Gasteiger partial charge on any atom is -0.367 e. The summed E-state index contributed by atoms with van der Waals surface area (Å²) >= 11 is 0. The highest BCUT2D eigenvalue weighted by Crippen LogP contribution is 2.27. The van der Waals surface area contributed by atoms with E-state index >= 15 is 0 Å². The zero-order valence-corrected chi connectivity index (χ0v) is 10.4. The molecule has 0 aliphatic heterocycles. The Morgan fingerprint density at radius 1 is 1.26 bits per heavy atom. The lowest BCUT2D eigenvalue weighted by atomic mass is 10.1. The zero-order chi connectivity index (χ0) is 14.3. The number of nitrogens with zero attached hydrogens (tertiary/aromatic N) is 4. The molecule has 6 nitrogen and oxygen atoms in total. The van der Waals surface area contributed by atoms with Crippen LogP contribution in [0.25, 0.3) is 5.65 Å². The predicted molar refractivity (Wildman–Crippen MR) is 62.5 cm³/mol. The van der Waals surface area contributed by atoms with Gasteiger partial charge in [0.15, 0.2) is 5.65 Å². The number of anilines is 1. The highest BCUT2D eigenvalue weighted by Gasteiger charge is 2.37. The molecule has 0 saturated heterocycles. The van der Waals surface area contributed by atoms with Crippen molar-refractivity contribution in [3.05, 3.63) is 18.0 Å². The normalized spacial score (nSPS) is 12.9. The molecular formula is C10H13F3N6. The number of halogens is 3. The molecule has 9 heteroatoms. The molecule has 2 aromatic rings. The Hall–Kier alpha value is -1.90. The molecule has 2 heterocycles. The van der Waals surface area contributed by atoms with Crippen molar-refractivity contribution in [1.82, 2.24) is 19.8 Å². The molecule has 0 bridgehead atoms. The molecule has 0 aromatic carbocycles. The van der Waals surface area contributed by atoms with E-state index in [1.807, 2.05) is 0 Å². The van der Waals surface area contributed by atoms with E-state index in [-0.39, 0.29) is 11.5 Å². The van der Waals surface area contributed by atoms with Crippen LogP contribution in [0.4, 0.5) is 19.0 Å². The van der Waals surface area contributed by atoms with Gasteiger partial charge in [0.05, 0.1) is 0 Å². The van der Waals surface area contributed by atoms with Crippen molar-refractivity contribution < 1.29 is 13.2 Å². The topological polar surface area (TPSA) is 81.1 Å². The molecule has 19 heavy (non-hydrogen) atoms. The van der Waals surface area contributed by atoms with Crippen LogP contribution >= 0.6 is 0 Å². The van der Waals surface area contributed by atoms with Gasteiger partial charge in [-0.15, -0.1) is 15.3 Å². The molecule has 0 unspecified atom stereocenters. The van der Waals surface area contributed by atoms with Gasteiger partial charge in [-0.1, -0.05) is 0 Å². The van der Waals surface area contributed by atoms with Gasteiger partial charge in [-0.25, -0.2) is 0 Å². The van der Waals surface area contributed by atoms with Gasteiger partial charge in [0.25, 0.3) is 5.82 Å².